The summed E-state index contributed by atoms with van der Waals surface area (Å²) in [6.07, 6.45) is 3.13. The lowest BCUT2D eigenvalue weighted by Crippen LogP contribution is -2.45. The minimum absolute atomic E-state index is 0.370. The number of benzene rings is 1. The first-order chi connectivity index (χ1) is 7.07. The highest BCUT2D eigenvalue weighted by Gasteiger charge is 2.52. The third kappa shape index (κ3) is 1.12. The third-order valence-corrected chi connectivity index (χ3v) is 3.18. The molecule has 0 aliphatic heterocycles. The Kier molecular flexibility index (Phi) is 2.07. The maximum atomic E-state index is 10.4. The Hall–Kier alpha value is -1.38. The van der Waals surface area contributed by atoms with Gasteiger partial charge >= 0.3 is 0 Å². The summed E-state index contributed by atoms with van der Waals surface area (Å²) in [6, 6.07) is 7.42. The van der Waals surface area contributed by atoms with Crippen LogP contribution in [-0.2, 0) is 12.0 Å². The lowest BCUT2D eigenvalue weighted by atomic mass is 9.83. The molecule has 0 radical (unpaired) electrons. The van der Waals surface area contributed by atoms with E-state index in [1.807, 2.05) is 18.2 Å². The summed E-state index contributed by atoms with van der Waals surface area (Å²) in [6.45, 7) is 7.18. The molecule has 2 rings (SSSR count). The summed E-state index contributed by atoms with van der Waals surface area (Å²) < 4.78 is 0. The highest BCUT2D eigenvalue weighted by atomic mass is 16.4. The van der Waals surface area contributed by atoms with Crippen LogP contribution in [0.3, 0.4) is 0 Å². The SMILES string of the molecule is C=C[C@]1(O)Cc2ccccc2[C@@]1(O)C=C. The first-order valence-electron chi connectivity index (χ1n) is 4.88. The van der Waals surface area contributed by atoms with E-state index in [1.54, 1.807) is 6.07 Å². The van der Waals surface area contributed by atoms with Crippen molar-refractivity contribution in [3.8, 4) is 0 Å². The minimum atomic E-state index is -1.43. The smallest absolute Gasteiger partial charge is 0.140 e. The maximum Gasteiger partial charge on any atom is 0.140 e. The van der Waals surface area contributed by atoms with E-state index in [0.717, 1.165) is 5.56 Å². The molecule has 0 saturated carbocycles. The molecule has 1 aliphatic rings. The molecule has 2 heteroatoms. The highest BCUT2D eigenvalue weighted by molar-refractivity contribution is 5.47. The summed E-state index contributed by atoms with van der Waals surface area (Å²) in [4.78, 5) is 0. The molecule has 0 heterocycles. The van der Waals surface area contributed by atoms with Gasteiger partial charge in [0.1, 0.15) is 11.2 Å². The minimum Gasteiger partial charge on any atom is -0.382 e. The van der Waals surface area contributed by atoms with Crippen LogP contribution in [0.5, 0.6) is 0 Å². The predicted molar refractivity (Wildman–Crippen MR) is 59.4 cm³/mol. The van der Waals surface area contributed by atoms with Crippen molar-refractivity contribution >= 4 is 0 Å². The summed E-state index contributed by atoms with van der Waals surface area (Å²) in [5.74, 6) is 0. The zero-order valence-corrected chi connectivity index (χ0v) is 8.48. The van der Waals surface area contributed by atoms with Crippen LogP contribution in [0.2, 0.25) is 0 Å². The van der Waals surface area contributed by atoms with Crippen LogP contribution in [0.15, 0.2) is 49.6 Å². The van der Waals surface area contributed by atoms with E-state index >= 15 is 0 Å². The Labute approximate surface area is 89.2 Å². The van der Waals surface area contributed by atoms with Crippen LogP contribution >= 0.6 is 0 Å². The van der Waals surface area contributed by atoms with Crippen molar-refractivity contribution < 1.29 is 10.2 Å². The zero-order valence-electron chi connectivity index (χ0n) is 8.48. The summed E-state index contributed by atoms with van der Waals surface area (Å²) >= 11 is 0. The molecule has 2 nitrogen and oxygen atoms in total. The van der Waals surface area contributed by atoms with Crippen molar-refractivity contribution in [2.45, 2.75) is 17.6 Å². The average molecular weight is 202 g/mol. The van der Waals surface area contributed by atoms with Gasteiger partial charge in [-0.15, -0.1) is 6.58 Å². The quantitative estimate of drug-likeness (QED) is 0.714. The maximum absolute atomic E-state index is 10.4. The molecule has 0 bridgehead atoms. The standard InChI is InChI=1S/C13H14O2/c1-3-12(14)9-10-7-5-6-8-11(10)13(12,15)4-2/h3-8,14-15H,1-2,9H2/t12-,13-/m0/s1. The second-order valence-corrected chi connectivity index (χ2v) is 3.93. The largest absolute Gasteiger partial charge is 0.382 e. The highest BCUT2D eigenvalue weighted by Crippen LogP contribution is 2.45. The van der Waals surface area contributed by atoms with Gasteiger partial charge in [-0.25, -0.2) is 0 Å². The molecule has 0 fully saturated rings. The number of aliphatic hydroxyl groups is 2. The van der Waals surface area contributed by atoms with Crippen LogP contribution in [0.1, 0.15) is 11.1 Å². The summed E-state index contributed by atoms with van der Waals surface area (Å²) in [7, 11) is 0. The van der Waals surface area contributed by atoms with E-state index in [0.29, 0.717) is 12.0 Å². The molecule has 1 aromatic carbocycles. The molecule has 15 heavy (non-hydrogen) atoms. The van der Waals surface area contributed by atoms with Gasteiger partial charge in [-0.3, -0.25) is 0 Å². The van der Waals surface area contributed by atoms with Crippen molar-refractivity contribution in [3.63, 3.8) is 0 Å². The number of hydrogen-bond acceptors (Lipinski definition) is 2. The molecule has 0 spiro atoms. The zero-order chi connectivity index (χ0) is 11.1. The molecule has 0 amide bonds. The molecular formula is C13H14O2. The molecule has 0 aromatic heterocycles. The second kappa shape index (κ2) is 3.05. The second-order valence-electron chi connectivity index (χ2n) is 3.93. The van der Waals surface area contributed by atoms with Gasteiger partial charge < -0.3 is 10.2 Å². The Morgan fingerprint density at radius 2 is 1.80 bits per heavy atom. The predicted octanol–water partition coefficient (Wildman–Crippen LogP) is 1.53. The third-order valence-electron chi connectivity index (χ3n) is 3.18. The lowest BCUT2D eigenvalue weighted by molar-refractivity contribution is -0.0828. The monoisotopic (exact) mass is 202 g/mol. The van der Waals surface area contributed by atoms with Crippen LogP contribution < -0.4 is 0 Å². The molecule has 78 valence electrons. The molecule has 2 N–H and O–H groups in total. The number of rotatable bonds is 2. The van der Waals surface area contributed by atoms with Gasteiger partial charge in [0.2, 0.25) is 0 Å². The van der Waals surface area contributed by atoms with Gasteiger partial charge in [-0.05, 0) is 11.1 Å². The number of fused-ring (bicyclic) bond motifs is 1. The average Bonchev–Trinajstić information content (AvgIpc) is 2.50. The normalized spacial score (nSPS) is 33.5. The van der Waals surface area contributed by atoms with Gasteiger partial charge in [-0.2, -0.15) is 0 Å². The van der Waals surface area contributed by atoms with E-state index in [9.17, 15) is 10.2 Å². The van der Waals surface area contributed by atoms with Crippen LogP contribution in [0.25, 0.3) is 0 Å². The fourth-order valence-corrected chi connectivity index (χ4v) is 2.22. The fourth-order valence-electron chi connectivity index (χ4n) is 2.22. The van der Waals surface area contributed by atoms with Crippen LogP contribution in [-0.4, -0.2) is 15.8 Å². The van der Waals surface area contributed by atoms with E-state index < -0.39 is 11.2 Å². The number of hydrogen-bond donors (Lipinski definition) is 2. The van der Waals surface area contributed by atoms with Gasteiger partial charge in [0.05, 0.1) is 0 Å². The molecule has 0 unspecified atom stereocenters. The molecule has 1 aliphatic carbocycles. The van der Waals surface area contributed by atoms with Gasteiger partial charge in [0, 0.05) is 6.42 Å². The van der Waals surface area contributed by atoms with Crippen LogP contribution in [0.4, 0.5) is 0 Å². The summed E-state index contributed by atoms with van der Waals surface area (Å²) in [5.41, 5.74) is -1.13. The molecule has 0 saturated heterocycles. The Balaban J connectivity index is 2.67. The van der Waals surface area contributed by atoms with Gasteiger partial charge in [-0.1, -0.05) is 43.0 Å². The van der Waals surface area contributed by atoms with Crippen molar-refractivity contribution in [2.24, 2.45) is 0 Å². The topological polar surface area (TPSA) is 40.5 Å². The van der Waals surface area contributed by atoms with E-state index in [1.165, 1.54) is 12.2 Å². The molecule has 2 atom stereocenters. The Morgan fingerprint density at radius 1 is 1.13 bits per heavy atom. The van der Waals surface area contributed by atoms with Crippen LogP contribution in [0, 0.1) is 0 Å². The first kappa shape index (κ1) is 10.1. The molecular weight excluding hydrogens is 188 g/mol. The van der Waals surface area contributed by atoms with E-state index in [4.69, 9.17) is 0 Å². The van der Waals surface area contributed by atoms with Gasteiger partial charge in [0.25, 0.3) is 0 Å². The van der Waals surface area contributed by atoms with Crippen molar-refractivity contribution in [3.05, 3.63) is 60.7 Å². The van der Waals surface area contributed by atoms with E-state index in [2.05, 4.69) is 13.2 Å². The van der Waals surface area contributed by atoms with Crippen molar-refractivity contribution in [1.29, 1.82) is 0 Å². The lowest BCUT2D eigenvalue weighted by Gasteiger charge is -2.33. The molecule has 1 aromatic rings. The summed E-state index contributed by atoms with van der Waals surface area (Å²) in [5, 5.41) is 20.7. The van der Waals surface area contributed by atoms with Crippen molar-refractivity contribution in [1.82, 2.24) is 0 Å². The Morgan fingerprint density at radius 3 is 2.40 bits per heavy atom. The Bertz CT molecular complexity index is 424. The van der Waals surface area contributed by atoms with E-state index in [-0.39, 0.29) is 0 Å². The first-order valence-corrected chi connectivity index (χ1v) is 4.88. The van der Waals surface area contributed by atoms with Crippen molar-refractivity contribution in [2.75, 3.05) is 0 Å². The van der Waals surface area contributed by atoms with Gasteiger partial charge in [0.15, 0.2) is 0 Å². The fraction of sp³-hybridized carbons (Fsp3) is 0.231.